The van der Waals surface area contributed by atoms with Crippen LogP contribution in [0.1, 0.15) is 0 Å². The summed E-state index contributed by atoms with van der Waals surface area (Å²) in [6.45, 7) is -1.49. The Morgan fingerprint density at radius 1 is 1.58 bits per heavy atom. The second kappa shape index (κ2) is 2.54. The van der Waals surface area contributed by atoms with E-state index in [9.17, 15) is 18.0 Å². The van der Waals surface area contributed by atoms with E-state index in [1.165, 1.54) is 0 Å². The van der Waals surface area contributed by atoms with Gasteiger partial charge >= 0.3 is 17.9 Å². The lowest BCUT2D eigenvalue weighted by atomic mass is 10.6. The number of nitrogens with zero attached hydrogens (tertiary/aromatic N) is 2. The fraction of sp³-hybridized carbons (Fsp3) is 0.500. The molecule has 0 fully saturated rings. The van der Waals surface area contributed by atoms with Gasteiger partial charge in [0.15, 0.2) is 0 Å². The molecule has 0 radical (unpaired) electrons. The molecule has 0 atom stereocenters. The fourth-order valence-corrected chi connectivity index (χ4v) is 0.592. The van der Waals surface area contributed by atoms with Crippen molar-refractivity contribution in [3.05, 3.63) is 10.6 Å². The van der Waals surface area contributed by atoms with Gasteiger partial charge in [-0.2, -0.15) is 17.9 Å². The maximum absolute atomic E-state index is 11.6. The van der Waals surface area contributed by atoms with Gasteiger partial charge in [0.25, 0.3) is 0 Å². The van der Waals surface area contributed by atoms with E-state index < -0.39 is 24.5 Å². The summed E-state index contributed by atoms with van der Waals surface area (Å²) < 4.78 is 39.1. The molecule has 1 rings (SSSR count). The Morgan fingerprint density at radius 2 is 2.17 bits per heavy atom. The zero-order valence-corrected chi connectivity index (χ0v) is 5.63. The number of nitrogen functional groups attached to an aromatic ring is 1. The Bertz CT molecular complexity index is 325. The van der Waals surface area contributed by atoms with Gasteiger partial charge in [-0.3, -0.25) is 0 Å². The van der Waals surface area contributed by atoms with Crippen molar-refractivity contribution in [2.24, 2.45) is 0 Å². The van der Waals surface area contributed by atoms with Crippen LogP contribution < -0.4 is 11.5 Å². The molecule has 0 spiro atoms. The molecule has 1 aromatic heterocycles. The highest BCUT2D eigenvalue weighted by molar-refractivity contribution is 5.02. The second-order valence-corrected chi connectivity index (χ2v) is 1.98. The highest BCUT2D eigenvalue weighted by atomic mass is 19.4. The molecule has 0 aliphatic rings. The number of alkyl halides is 3. The fourth-order valence-electron chi connectivity index (χ4n) is 0.592. The predicted octanol–water partition coefficient (Wildman–Crippen LogP) is -0.0192. The first-order valence-electron chi connectivity index (χ1n) is 2.78. The topological polar surface area (TPSA) is 74.0 Å². The molecule has 0 unspecified atom stereocenters. The van der Waals surface area contributed by atoms with E-state index in [-0.39, 0.29) is 4.68 Å². The Morgan fingerprint density at radius 3 is 2.50 bits per heavy atom. The van der Waals surface area contributed by atoms with Gasteiger partial charge in [0.1, 0.15) is 6.54 Å². The standard InChI is InChI=1S/C4H4F3N3O2/c5-4(6,7)1-10-3(11)12-2(8)9-10/h1H2,(H2,8,9). The van der Waals surface area contributed by atoms with Crippen molar-refractivity contribution in [3.8, 4) is 0 Å². The molecule has 1 heterocycles. The summed E-state index contributed by atoms with van der Waals surface area (Å²) in [6, 6.07) is -0.579. The Kier molecular flexibility index (Phi) is 1.82. The third-order valence-electron chi connectivity index (χ3n) is 0.951. The van der Waals surface area contributed by atoms with Crippen LogP contribution in [0.25, 0.3) is 0 Å². The molecule has 1 aromatic rings. The van der Waals surface area contributed by atoms with Gasteiger partial charge in [-0.1, -0.05) is 0 Å². The molecule has 0 bridgehead atoms. The maximum atomic E-state index is 11.6. The van der Waals surface area contributed by atoms with Gasteiger partial charge in [0.2, 0.25) is 0 Å². The molecule has 0 aromatic carbocycles. The van der Waals surface area contributed by atoms with Crippen molar-refractivity contribution in [1.29, 1.82) is 0 Å². The number of hydrogen-bond acceptors (Lipinski definition) is 4. The SMILES string of the molecule is Nc1nn(CC(F)(F)F)c(=O)o1. The van der Waals surface area contributed by atoms with Gasteiger partial charge in [-0.05, 0) is 0 Å². The van der Waals surface area contributed by atoms with Crippen molar-refractivity contribution in [2.75, 3.05) is 5.73 Å². The van der Waals surface area contributed by atoms with Gasteiger partial charge in [0, 0.05) is 0 Å². The highest BCUT2D eigenvalue weighted by Crippen LogP contribution is 2.15. The van der Waals surface area contributed by atoms with Crippen molar-refractivity contribution < 1.29 is 17.6 Å². The largest absolute Gasteiger partial charge is 0.438 e. The average molecular weight is 183 g/mol. The predicted molar refractivity (Wildman–Crippen MR) is 31.2 cm³/mol. The molecule has 0 amide bonds. The summed E-state index contributed by atoms with van der Waals surface area (Å²) in [5.74, 6) is -1.22. The van der Waals surface area contributed by atoms with Crippen LogP contribution in [-0.2, 0) is 6.54 Å². The van der Waals surface area contributed by atoms with Crippen LogP contribution in [0.3, 0.4) is 0 Å². The number of rotatable bonds is 1. The minimum absolute atomic E-state index is 0.106. The molecule has 0 saturated heterocycles. The molecule has 8 heteroatoms. The molecular formula is C4H4F3N3O2. The third kappa shape index (κ3) is 2.01. The average Bonchev–Trinajstić information content (AvgIpc) is 2.06. The van der Waals surface area contributed by atoms with Crippen molar-refractivity contribution in [1.82, 2.24) is 9.78 Å². The molecule has 0 saturated carbocycles. The quantitative estimate of drug-likeness (QED) is 0.663. The molecule has 5 nitrogen and oxygen atoms in total. The van der Waals surface area contributed by atoms with Gasteiger partial charge in [-0.15, -0.1) is 5.10 Å². The number of anilines is 1. The summed E-state index contributed by atoms with van der Waals surface area (Å²) in [6.07, 6.45) is -4.51. The number of nitrogens with two attached hydrogens (primary N) is 1. The smallest absolute Gasteiger partial charge is 0.373 e. The van der Waals surface area contributed by atoms with Gasteiger partial charge in [0.05, 0.1) is 0 Å². The highest BCUT2D eigenvalue weighted by Gasteiger charge is 2.30. The van der Waals surface area contributed by atoms with E-state index in [0.717, 1.165) is 0 Å². The number of aromatic nitrogens is 2. The van der Waals surface area contributed by atoms with Crippen molar-refractivity contribution in [3.63, 3.8) is 0 Å². The summed E-state index contributed by atoms with van der Waals surface area (Å²) in [5.41, 5.74) is 4.83. The third-order valence-corrected chi connectivity index (χ3v) is 0.951. The zero-order valence-electron chi connectivity index (χ0n) is 5.63. The lowest BCUT2D eigenvalue weighted by molar-refractivity contribution is -0.143. The van der Waals surface area contributed by atoms with E-state index in [2.05, 4.69) is 9.52 Å². The molecule has 68 valence electrons. The van der Waals surface area contributed by atoms with Gasteiger partial charge in [-0.25, -0.2) is 4.79 Å². The first kappa shape index (κ1) is 8.62. The van der Waals surface area contributed by atoms with Crippen LogP contribution in [0.15, 0.2) is 9.21 Å². The summed E-state index contributed by atoms with van der Waals surface area (Å²) >= 11 is 0. The Hall–Kier alpha value is -1.47. The van der Waals surface area contributed by atoms with Crippen molar-refractivity contribution in [2.45, 2.75) is 12.7 Å². The molecule has 0 aliphatic carbocycles. The van der Waals surface area contributed by atoms with Crippen LogP contribution in [0, 0.1) is 0 Å². The first-order valence-corrected chi connectivity index (χ1v) is 2.78. The van der Waals surface area contributed by atoms with E-state index in [1.54, 1.807) is 0 Å². The first-order chi connectivity index (χ1) is 5.38. The monoisotopic (exact) mass is 183 g/mol. The van der Waals surface area contributed by atoms with E-state index in [0.29, 0.717) is 0 Å². The Labute approximate surface area is 63.6 Å². The van der Waals surface area contributed by atoms with E-state index >= 15 is 0 Å². The van der Waals surface area contributed by atoms with Crippen LogP contribution in [0.5, 0.6) is 0 Å². The summed E-state index contributed by atoms with van der Waals surface area (Å²) in [5, 5.41) is 2.99. The Balaban J connectivity index is 2.90. The zero-order chi connectivity index (χ0) is 9.35. The van der Waals surface area contributed by atoms with Gasteiger partial charge < -0.3 is 10.2 Å². The van der Waals surface area contributed by atoms with Crippen molar-refractivity contribution >= 4 is 6.01 Å². The van der Waals surface area contributed by atoms with Crippen LogP contribution in [0.2, 0.25) is 0 Å². The van der Waals surface area contributed by atoms with Crippen LogP contribution >= 0.6 is 0 Å². The number of hydrogen-bond donors (Lipinski definition) is 1. The second-order valence-electron chi connectivity index (χ2n) is 1.98. The lowest BCUT2D eigenvalue weighted by Crippen LogP contribution is -2.26. The lowest BCUT2D eigenvalue weighted by Gasteiger charge is -2.02. The minimum atomic E-state index is -4.51. The van der Waals surface area contributed by atoms with E-state index in [1.807, 2.05) is 0 Å². The number of halogens is 3. The van der Waals surface area contributed by atoms with Crippen LogP contribution in [0.4, 0.5) is 19.2 Å². The molecule has 12 heavy (non-hydrogen) atoms. The summed E-state index contributed by atoms with van der Waals surface area (Å²) in [7, 11) is 0. The minimum Gasteiger partial charge on any atom is -0.373 e. The summed E-state index contributed by atoms with van der Waals surface area (Å²) in [4.78, 5) is 10.5. The molecule has 0 aliphatic heterocycles. The molecular weight excluding hydrogens is 179 g/mol. The molecule has 2 N–H and O–H groups in total. The normalized spacial score (nSPS) is 11.9. The van der Waals surface area contributed by atoms with E-state index in [4.69, 9.17) is 5.73 Å². The maximum Gasteiger partial charge on any atom is 0.438 e. The van der Waals surface area contributed by atoms with Crippen LogP contribution in [-0.4, -0.2) is 16.0 Å².